The van der Waals surface area contributed by atoms with Crippen LogP contribution in [0, 0.1) is 0 Å². The van der Waals surface area contributed by atoms with Crippen LogP contribution >= 0.6 is 27.5 Å². The van der Waals surface area contributed by atoms with E-state index in [-0.39, 0.29) is 0 Å². The second-order valence-corrected chi connectivity index (χ2v) is 4.38. The molecule has 5 heteroatoms. The second kappa shape index (κ2) is 4.47. The van der Waals surface area contributed by atoms with Gasteiger partial charge in [0, 0.05) is 17.6 Å². The zero-order valence-corrected chi connectivity index (χ0v) is 11.1. The molecule has 0 spiro atoms. The largest absolute Gasteiger partial charge is 0.497 e. The summed E-state index contributed by atoms with van der Waals surface area (Å²) in [6, 6.07) is 3.61. The van der Waals surface area contributed by atoms with Crippen LogP contribution in [0.4, 0.5) is 0 Å². The van der Waals surface area contributed by atoms with Crippen molar-refractivity contribution in [3.63, 3.8) is 0 Å². The molecule has 84 valence electrons. The van der Waals surface area contributed by atoms with Crippen molar-refractivity contribution in [3.8, 4) is 11.5 Å². The van der Waals surface area contributed by atoms with Crippen molar-refractivity contribution in [3.05, 3.63) is 27.8 Å². The standard InChI is InChI=1S/C11H9BrClNO2/c1-15-6-3-7-10(13)8(12)5-14-11(7)9(4-6)16-2/h3-5H,1-2H3. The number of fused-ring (bicyclic) bond motifs is 1. The van der Waals surface area contributed by atoms with Gasteiger partial charge in [-0.25, -0.2) is 0 Å². The fourth-order valence-corrected chi connectivity index (χ4v) is 1.97. The van der Waals surface area contributed by atoms with Crippen molar-refractivity contribution in [2.45, 2.75) is 0 Å². The lowest BCUT2D eigenvalue weighted by Gasteiger charge is -2.09. The lowest BCUT2D eigenvalue weighted by Crippen LogP contribution is -1.91. The Balaban J connectivity index is 2.84. The van der Waals surface area contributed by atoms with E-state index in [2.05, 4.69) is 20.9 Å². The van der Waals surface area contributed by atoms with E-state index in [9.17, 15) is 0 Å². The molecule has 0 aliphatic carbocycles. The first-order valence-corrected chi connectivity index (χ1v) is 5.70. The topological polar surface area (TPSA) is 31.4 Å². The predicted octanol–water partition coefficient (Wildman–Crippen LogP) is 3.67. The molecular weight excluding hydrogens is 293 g/mol. The van der Waals surface area contributed by atoms with E-state index < -0.39 is 0 Å². The van der Waals surface area contributed by atoms with Crippen molar-refractivity contribution >= 4 is 38.4 Å². The van der Waals surface area contributed by atoms with Gasteiger partial charge in [-0.1, -0.05) is 11.6 Å². The van der Waals surface area contributed by atoms with Crippen LogP contribution < -0.4 is 9.47 Å². The van der Waals surface area contributed by atoms with Gasteiger partial charge in [-0.3, -0.25) is 4.98 Å². The van der Waals surface area contributed by atoms with Gasteiger partial charge in [0.2, 0.25) is 0 Å². The van der Waals surface area contributed by atoms with Crippen LogP contribution in [0.2, 0.25) is 5.02 Å². The smallest absolute Gasteiger partial charge is 0.148 e. The van der Waals surface area contributed by atoms with E-state index in [1.807, 2.05) is 6.07 Å². The van der Waals surface area contributed by atoms with Gasteiger partial charge in [-0.15, -0.1) is 0 Å². The van der Waals surface area contributed by atoms with Crippen molar-refractivity contribution < 1.29 is 9.47 Å². The summed E-state index contributed by atoms with van der Waals surface area (Å²) in [5, 5.41) is 1.40. The summed E-state index contributed by atoms with van der Waals surface area (Å²) in [5.41, 5.74) is 0.719. The Bertz CT molecular complexity index is 545. The fraction of sp³-hybridized carbons (Fsp3) is 0.182. The minimum Gasteiger partial charge on any atom is -0.497 e. The molecule has 0 aliphatic heterocycles. The molecular formula is C11H9BrClNO2. The van der Waals surface area contributed by atoms with Crippen LogP contribution in [-0.4, -0.2) is 19.2 Å². The van der Waals surface area contributed by atoms with Crippen molar-refractivity contribution in [2.24, 2.45) is 0 Å². The summed E-state index contributed by atoms with van der Waals surface area (Å²) in [5.74, 6) is 1.33. The van der Waals surface area contributed by atoms with E-state index in [0.29, 0.717) is 16.5 Å². The van der Waals surface area contributed by atoms with E-state index in [0.717, 1.165) is 15.4 Å². The van der Waals surface area contributed by atoms with Crippen LogP contribution in [0.15, 0.2) is 22.8 Å². The van der Waals surface area contributed by atoms with Crippen molar-refractivity contribution in [1.82, 2.24) is 4.98 Å². The maximum absolute atomic E-state index is 6.19. The normalized spacial score (nSPS) is 10.5. The minimum atomic E-state index is 0.599. The molecule has 0 fully saturated rings. The Kier molecular flexibility index (Phi) is 3.21. The summed E-state index contributed by atoms with van der Waals surface area (Å²) in [7, 11) is 3.19. The lowest BCUT2D eigenvalue weighted by molar-refractivity contribution is 0.397. The average Bonchev–Trinajstić information content (AvgIpc) is 2.32. The Morgan fingerprint density at radius 3 is 2.62 bits per heavy atom. The number of hydrogen-bond donors (Lipinski definition) is 0. The predicted molar refractivity (Wildman–Crippen MR) is 67.6 cm³/mol. The molecule has 2 rings (SSSR count). The van der Waals surface area contributed by atoms with Crippen LogP contribution in [0.25, 0.3) is 10.9 Å². The molecule has 0 atom stereocenters. The van der Waals surface area contributed by atoms with E-state index in [1.54, 1.807) is 26.5 Å². The van der Waals surface area contributed by atoms with Crippen molar-refractivity contribution in [2.75, 3.05) is 14.2 Å². The number of methoxy groups -OCH3 is 2. The van der Waals surface area contributed by atoms with Crippen LogP contribution in [-0.2, 0) is 0 Å². The third-order valence-electron chi connectivity index (χ3n) is 2.26. The summed E-state index contributed by atoms with van der Waals surface area (Å²) in [6.07, 6.45) is 1.65. The molecule has 1 heterocycles. The molecule has 2 aromatic rings. The molecule has 0 bridgehead atoms. The number of benzene rings is 1. The van der Waals surface area contributed by atoms with E-state index >= 15 is 0 Å². The monoisotopic (exact) mass is 301 g/mol. The number of hydrogen-bond acceptors (Lipinski definition) is 3. The first kappa shape index (κ1) is 11.5. The average molecular weight is 303 g/mol. The quantitative estimate of drug-likeness (QED) is 0.848. The zero-order valence-electron chi connectivity index (χ0n) is 8.75. The molecule has 0 aliphatic rings. The number of halogens is 2. The number of aromatic nitrogens is 1. The van der Waals surface area contributed by atoms with Gasteiger partial charge < -0.3 is 9.47 Å². The first-order valence-electron chi connectivity index (χ1n) is 4.53. The highest BCUT2D eigenvalue weighted by atomic mass is 79.9. The van der Waals surface area contributed by atoms with Gasteiger partial charge in [0.15, 0.2) is 0 Å². The molecule has 0 N–H and O–H groups in total. The van der Waals surface area contributed by atoms with Crippen molar-refractivity contribution in [1.29, 1.82) is 0 Å². The summed E-state index contributed by atoms with van der Waals surface area (Å²) in [6.45, 7) is 0. The van der Waals surface area contributed by atoms with Crippen LogP contribution in [0.3, 0.4) is 0 Å². The lowest BCUT2D eigenvalue weighted by atomic mass is 10.2. The summed E-state index contributed by atoms with van der Waals surface area (Å²) < 4.78 is 11.2. The zero-order chi connectivity index (χ0) is 11.7. The highest BCUT2D eigenvalue weighted by molar-refractivity contribution is 9.10. The molecule has 0 unspecified atom stereocenters. The van der Waals surface area contributed by atoms with Gasteiger partial charge in [0.1, 0.15) is 17.0 Å². The number of rotatable bonds is 2. The van der Waals surface area contributed by atoms with Gasteiger partial charge in [0.05, 0.1) is 23.7 Å². The van der Waals surface area contributed by atoms with Gasteiger partial charge in [-0.05, 0) is 22.0 Å². The molecule has 0 radical (unpaired) electrons. The molecule has 0 amide bonds. The molecule has 0 saturated heterocycles. The molecule has 3 nitrogen and oxygen atoms in total. The molecule has 16 heavy (non-hydrogen) atoms. The fourth-order valence-electron chi connectivity index (χ4n) is 1.46. The van der Waals surface area contributed by atoms with E-state index in [1.165, 1.54) is 0 Å². The summed E-state index contributed by atoms with van der Waals surface area (Å²) >= 11 is 9.52. The molecule has 1 aromatic heterocycles. The second-order valence-electron chi connectivity index (χ2n) is 3.15. The maximum atomic E-state index is 6.19. The van der Waals surface area contributed by atoms with Gasteiger partial charge in [0.25, 0.3) is 0 Å². The highest BCUT2D eigenvalue weighted by Gasteiger charge is 2.11. The molecule has 0 saturated carbocycles. The number of ether oxygens (including phenoxy) is 2. The Morgan fingerprint density at radius 1 is 1.25 bits per heavy atom. The maximum Gasteiger partial charge on any atom is 0.148 e. The summed E-state index contributed by atoms with van der Waals surface area (Å²) in [4.78, 5) is 4.28. The third-order valence-corrected chi connectivity index (χ3v) is 3.49. The third kappa shape index (κ3) is 1.83. The highest BCUT2D eigenvalue weighted by Crippen LogP contribution is 2.36. The Hall–Kier alpha value is -1.000. The first-order chi connectivity index (χ1) is 7.67. The van der Waals surface area contributed by atoms with E-state index in [4.69, 9.17) is 21.1 Å². The molecule has 1 aromatic carbocycles. The number of nitrogens with zero attached hydrogens (tertiary/aromatic N) is 1. The van der Waals surface area contributed by atoms with Crippen LogP contribution in [0.5, 0.6) is 11.5 Å². The Labute approximate surface area is 106 Å². The van der Waals surface area contributed by atoms with Crippen LogP contribution in [0.1, 0.15) is 0 Å². The van der Waals surface area contributed by atoms with Gasteiger partial charge in [-0.2, -0.15) is 0 Å². The number of pyridine rings is 1. The SMILES string of the molecule is COc1cc(OC)c2ncc(Br)c(Cl)c2c1. The van der Waals surface area contributed by atoms with Gasteiger partial charge >= 0.3 is 0 Å². The Morgan fingerprint density at radius 2 is 2.00 bits per heavy atom. The minimum absolute atomic E-state index is 0.599.